The second kappa shape index (κ2) is 12.8. The molecule has 10 heteroatoms. The predicted molar refractivity (Wildman–Crippen MR) is 123 cm³/mol. The molecule has 8 nitrogen and oxygen atoms in total. The van der Waals surface area contributed by atoms with Crippen LogP contribution < -0.4 is 20.1 Å². The number of ether oxygens (including phenoxy) is 2. The maximum atomic E-state index is 12.6. The number of pyridine rings is 1. The van der Waals surface area contributed by atoms with E-state index in [1.807, 2.05) is 43.6 Å². The Bertz CT molecular complexity index is 953. The highest BCUT2D eigenvalue weighted by atomic mass is 35.5. The first-order chi connectivity index (χ1) is 14.1. The third-order valence-electron chi connectivity index (χ3n) is 4.42. The fourth-order valence-electron chi connectivity index (χ4n) is 2.92. The molecule has 0 bridgehead atoms. The zero-order valence-electron chi connectivity index (χ0n) is 17.6. The van der Waals surface area contributed by atoms with Gasteiger partial charge in [-0.05, 0) is 30.8 Å². The molecule has 0 aliphatic rings. The van der Waals surface area contributed by atoms with Crippen LogP contribution in [0.1, 0.15) is 22.7 Å². The first kappa shape index (κ1) is 26.2. The summed E-state index contributed by atoms with van der Waals surface area (Å²) in [4.78, 5) is 16.6. The van der Waals surface area contributed by atoms with E-state index in [2.05, 4.69) is 20.7 Å². The predicted octanol–water partition coefficient (Wildman–Crippen LogP) is 2.82. The quantitative estimate of drug-likeness (QED) is 0.502. The van der Waals surface area contributed by atoms with E-state index in [0.717, 1.165) is 16.7 Å². The number of aromatic nitrogens is 3. The summed E-state index contributed by atoms with van der Waals surface area (Å²) in [5, 5.41) is 10.1. The van der Waals surface area contributed by atoms with Crippen LogP contribution >= 0.6 is 24.8 Å². The minimum absolute atomic E-state index is 0. The molecule has 0 saturated carbocycles. The van der Waals surface area contributed by atoms with E-state index in [9.17, 15) is 4.79 Å². The number of carbonyl (C=O) groups excluding carboxylic acids is 1. The summed E-state index contributed by atoms with van der Waals surface area (Å²) >= 11 is 0. The molecule has 3 rings (SSSR count). The van der Waals surface area contributed by atoms with E-state index in [1.54, 1.807) is 37.4 Å². The van der Waals surface area contributed by atoms with Crippen LogP contribution in [0.2, 0.25) is 0 Å². The van der Waals surface area contributed by atoms with Crippen molar-refractivity contribution in [2.75, 3.05) is 14.2 Å². The second-order valence-corrected chi connectivity index (χ2v) is 6.52. The summed E-state index contributed by atoms with van der Waals surface area (Å²) in [5.74, 6) is 1.12. The number of likely N-dealkylation sites (N-methyl/N-ethyl adjacent to an activating group) is 1. The van der Waals surface area contributed by atoms with Crippen molar-refractivity contribution in [1.82, 2.24) is 25.4 Å². The molecule has 0 radical (unpaired) electrons. The van der Waals surface area contributed by atoms with E-state index in [-0.39, 0.29) is 30.7 Å². The van der Waals surface area contributed by atoms with Crippen molar-refractivity contribution >= 4 is 30.7 Å². The maximum Gasteiger partial charge on any atom is 0.242 e. The molecule has 1 amide bonds. The Kier molecular flexibility index (Phi) is 10.8. The highest BCUT2D eigenvalue weighted by Gasteiger charge is 2.20. The number of methoxy groups -OCH3 is 1. The van der Waals surface area contributed by atoms with Gasteiger partial charge in [0.2, 0.25) is 5.91 Å². The lowest BCUT2D eigenvalue weighted by atomic mass is 10.1. The lowest BCUT2D eigenvalue weighted by Crippen LogP contribution is -2.35. The first-order valence-electron chi connectivity index (χ1n) is 9.23. The van der Waals surface area contributed by atoms with Gasteiger partial charge in [-0.2, -0.15) is 5.10 Å². The van der Waals surface area contributed by atoms with Crippen molar-refractivity contribution in [3.63, 3.8) is 0 Å². The average molecular weight is 468 g/mol. The van der Waals surface area contributed by atoms with E-state index in [0.29, 0.717) is 24.7 Å². The van der Waals surface area contributed by atoms with E-state index >= 15 is 0 Å². The van der Waals surface area contributed by atoms with Crippen LogP contribution in [0, 0.1) is 0 Å². The Morgan fingerprint density at radius 2 is 1.97 bits per heavy atom. The molecule has 1 unspecified atom stereocenters. The minimum atomic E-state index is -0.465. The Morgan fingerprint density at radius 1 is 1.16 bits per heavy atom. The molecule has 0 aliphatic heterocycles. The number of amides is 1. The van der Waals surface area contributed by atoms with E-state index in [4.69, 9.17) is 9.47 Å². The van der Waals surface area contributed by atoms with Gasteiger partial charge < -0.3 is 20.1 Å². The van der Waals surface area contributed by atoms with Gasteiger partial charge in [-0.3, -0.25) is 14.5 Å². The second-order valence-electron chi connectivity index (χ2n) is 6.52. The summed E-state index contributed by atoms with van der Waals surface area (Å²) in [5.41, 5.74) is 2.69. The van der Waals surface area contributed by atoms with Crippen LogP contribution in [-0.4, -0.2) is 34.8 Å². The number of benzene rings is 1. The van der Waals surface area contributed by atoms with Crippen molar-refractivity contribution in [3.05, 3.63) is 71.8 Å². The molecule has 2 N–H and O–H groups in total. The summed E-state index contributed by atoms with van der Waals surface area (Å²) in [7, 11) is 5.15. The number of halogens is 2. The van der Waals surface area contributed by atoms with Gasteiger partial charge in [-0.15, -0.1) is 24.8 Å². The molecule has 31 heavy (non-hydrogen) atoms. The van der Waals surface area contributed by atoms with Gasteiger partial charge in [0.1, 0.15) is 12.6 Å². The SMILES string of the molecule is CNC(C(=O)NCc1ccc(OCc2cccnc2)c(OC)c1)c1cnn(C)c1.Cl.Cl. The van der Waals surface area contributed by atoms with Gasteiger partial charge >= 0.3 is 0 Å². The normalized spacial score (nSPS) is 10.9. The van der Waals surface area contributed by atoms with E-state index in [1.165, 1.54) is 0 Å². The number of nitrogens with one attached hydrogen (secondary N) is 2. The van der Waals surface area contributed by atoms with Gasteiger partial charge in [0.15, 0.2) is 11.5 Å². The molecule has 1 aromatic carbocycles. The smallest absolute Gasteiger partial charge is 0.242 e. The average Bonchev–Trinajstić information content (AvgIpc) is 3.18. The first-order valence-corrected chi connectivity index (χ1v) is 9.23. The van der Waals surface area contributed by atoms with Gasteiger partial charge in [-0.1, -0.05) is 12.1 Å². The summed E-state index contributed by atoms with van der Waals surface area (Å²) in [6, 6.07) is 8.95. The number of aryl methyl sites for hydroxylation is 1. The van der Waals surface area contributed by atoms with Crippen molar-refractivity contribution in [2.45, 2.75) is 19.2 Å². The van der Waals surface area contributed by atoms with Gasteiger partial charge in [0, 0.05) is 43.3 Å². The third kappa shape index (κ3) is 7.13. The van der Waals surface area contributed by atoms with Crippen molar-refractivity contribution in [1.29, 1.82) is 0 Å². The monoisotopic (exact) mass is 467 g/mol. The number of rotatable bonds is 9. The zero-order chi connectivity index (χ0) is 20.6. The summed E-state index contributed by atoms with van der Waals surface area (Å²) in [6.07, 6.45) is 6.98. The Hall–Kier alpha value is -2.81. The number of nitrogens with zero attached hydrogens (tertiary/aromatic N) is 3. The maximum absolute atomic E-state index is 12.6. The fraction of sp³-hybridized carbons (Fsp3) is 0.286. The summed E-state index contributed by atoms with van der Waals surface area (Å²) in [6.45, 7) is 0.770. The number of hydrogen-bond donors (Lipinski definition) is 2. The molecule has 2 aromatic heterocycles. The number of hydrogen-bond acceptors (Lipinski definition) is 6. The van der Waals surface area contributed by atoms with Crippen LogP contribution in [0.4, 0.5) is 0 Å². The molecule has 1 atom stereocenters. The van der Waals surface area contributed by atoms with Gasteiger partial charge in [0.25, 0.3) is 0 Å². The molecule has 0 fully saturated rings. The Balaban J connectivity index is 0.00000240. The molecular weight excluding hydrogens is 441 g/mol. The van der Waals surface area contributed by atoms with Gasteiger partial charge in [0.05, 0.1) is 13.3 Å². The van der Waals surface area contributed by atoms with Crippen LogP contribution in [0.5, 0.6) is 11.5 Å². The number of carbonyl (C=O) groups is 1. The van der Waals surface area contributed by atoms with Crippen LogP contribution in [0.3, 0.4) is 0 Å². The van der Waals surface area contributed by atoms with Crippen LogP contribution in [0.15, 0.2) is 55.1 Å². The largest absolute Gasteiger partial charge is 0.493 e. The zero-order valence-corrected chi connectivity index (χ0v) is 19.2. The fourth-order valence-corrected chi connectivity index (χ4v) is 2.92. The van der Waals surface area contributed by atoms with Crippen molar-refractivity contribution in [3.8, 4) is 11.5 Å². The molecule has 0 spiro atoms. The molecule has 3 aromatic rings. The lowest BCUT2D eigenvalue weighted by Gasteiger charge is -2.16. The molecule has 0 saturated heterocycles. The Morgan fingerprint density at radius 3 is 2.58 bits per heavy atom. The summed E-state index contributed by atoms with van der Waals surface area (Å²) < 4.78 is 13.0. The molecule has 2 heterocycles. The topological polar surface area (TPSA) is 90.3 Å². The highest BCUT2D eigenvalue weighted by molar-refractivity contribution is 5.85. The minimum Gasteiger partial charge on any atom is -0.493 e. The van der Waals surface area contributed by atoms with Gasteiger partial charge in [-0.25, -0.2) is 0 Å². The van der Waals surface area contributed by atoms with Crippen LogP contribution in [0.25, 0.3) is 0 Å². The molecular formula is C21H27Cl2N5O3. The third-order valence-corrected chi connectivity index (χ3v) is 4.42. The molecule has 168 valence electrons. The van der Waals surface area contributed by atoms with Crippen molar-refractivity contribution in [2.24, 2.45) is 7.05 Å². The Labute approximate surface area is 194 Å². The molecule has 0 aliphatic carbocycles. The standard InChI is InChI=1S/C21H25N5O3.2ClH/c1-22-20(17-12-25-26(2)13-17)21(27)24-11-15-6-7-18(19(9-15)28-3)29-14-16-5-4-8-23-10-16;;/h4-10,12-13,20,22H,11,14H2,1-3H3,(H,24,27);2*1H. The van der Waals surface area contributed by atoms with Crippen LogP contribution in [-0.2, 0) is 25.0 Å². The van der Waals surface area contributed by atoms with Crippen molar-refractivity contribution < 1.29 is 14.3 Å². The highest BCUT2D eigenvalue weighted by Crippen LogP contribution is 2.29. The lowest BCUT2D eigenvalue weighted by molar-refractivity contribution is -0.123. The van der Waals surface area contributed by atoms with E-state index < -0.39 is 6.04 Å².